The summed E-state index contributed by atoms with van der Waals surface area (Å²) in [6.45, 7) is 7.21. The number of aromatic hydroxyl groups is 1. The van der Waals surface area contributed by atoms with Gasteiger partial charge in [-0.15, -0.1) is 0 Å². The molecule has 2 rings (SSSR count). The fourth-order valence-electron chi connectivity index (χ4n) is 2.72. The van der Waals surface area contributed by atoms with Gasteiger partial charge >= 0.3 is 0 Å². The van der Waals surface area contributed by atoms with Crippen LogP contribution in [0.4, 0.5) is 0 Å². The summed E-state index contributed by atoms with van der Waals surface area (Å²) in [4.78, 5) is 0. The van der Waals surface area contributed by atoms with Crippen LogP contribution in [0.3, 0.4) is 0 Å². The van der Waals surface area contributed by atoms with E-state index in [1.165, 1.54) is 6.42 Å². The third-order valence-electron chi connectivity index (χ3n) is 4.12. The number of hydrogen-bond donors (Lipinski definition) is 2. The summed E-state index contributed by atoms with van der Waals surface area (Å²) in [6, 6.07) is 5.55. The zero-order chi connectivity index (χ0) is 14.0. The Morgan fingerprint density at radius 1 is 1.47 bits per heavy atom. The summed E-state index contributed by atoms with van der Waals surface area (Å²) < 4.78 is 5.99. The van der Waals surface area contributed by atoms with E-state index in [0.29, 0.717) is 17.7 Å². The zero-order valence-electron chi connectivity index (χ0n) is 12.1. The largest absolute Gasteiger partial charge is 0.504 e. The van der Waals surface area contributed by atoms with Gasteiger partial charge in [-0.1, -0.05) is 26.8 Å². The molecule has 3 N–H and O–H groups in total. The third-order valence-corrected chi connectivity index (χ3v) is 4.12. The van der Waals surface area contributed by atoms with E-state index >= 15 is 0 Å². The summed E-state index contributed by atoms with van der Waals surface area (Å²) in [5.74, 6) is 1.10. The predicted octanol–water partition coefficient (Wildman–Crippen LogP) is 3.41. The lowest BCUT2D eigenvalue weighted by atomic mass is 9.92. The van der Waals surface area contributed by atoms with Gasteiger partial charge in [-0.2, -0.15) is 0 Å². The van der Waals surface area contributed by atoms with Crippen LogP contribution in [0.2, 0.25) is 0 Å². The van der Waals surface area contributed by atoms with Crippen LogP contribution in [0, 0.1) is 5.41 Å². The van der Waals surface area contributed by atoms with Crippen LogP contribution in [0.5, 0.6) is 11.5 Å². The molecule has 2 unspecified atom stereocenters. The van der Waals surface area contributed by atoms with Crippen molar-refractivity contribution in [2.45, 2.75) is 52.1 Å². The average Bonchev–Trinajstić information content (AvgIpc) is 2.70. The fourth-order valence-corrected chi connectivity index (χ4v) is 2.72. The lowest BCUT2D eigenvalue weighted by Crippen LogP contribution is -2.15. The van der Waals surface area contributed by atoms with Crippen molar-refractivity contribution in [2.75, 3.05) is 6.54 Å². The van der Waals surface area contributed by atoms with Crippen LogP contribution in [-0.2, 0) is 0 Å². The highest BCUT2D eigenvalue weighted by Gasteiger charge is 2.32. The van der Waals surface area contributed by atoms with Crippen LogP contribution in [-0.4, -0.2) is 17.8 Å². The molecule has 1 aromatic rings. The van der Waals surface area contributed by atoms with Crippen molar-refractivity contribution in [3.63, 3.8) is 0 Å². The normalized spacial score (nSPS) is 23.3. The molecule has 1 aliphatic rings. The molecule has 1 aliphatic carbocycles. The number of ether oxygens (including phenoxy) is 1. The SMILES string of the molecule is CC(CN)c1ccc(O)c(OC2CCC(C)(C)C2)c1. The van der Waals surface area contributed by atoms with E-state index in [2.05, 4.69) is 20.8 Å². The highest BCUT2D eigenvalue weighted by Crippen LogP contribution is 2.40. The molecule has 19 heavy (non-hydrogen) atoms. The van der Waals surface area contributed by atoms with Gasteiger partial charge < -0.3 is 15.6 Å². The monoisotopic (exact) mass is 263 g/mol. The number of hydrogen-bond acceptors (Lipinski definition) is 3. The Morgan fingerprint density at radius 2 is 2.21 bits per heavy atom. The molecule has 0 aromatic heterocycles. The molecule has 0 spiro atoms. The van der Waals surface area contributed by atoms with Crippen LogP contribution in [0.25, 0.3) is 0 Å². The molecule has 1 saturated carbocycles. The first-order valence-corrected chi connectivity index (χ1v) is 7.11. The van der Waals surface area contributed by atoms with Gasteiger partial charge in [0.05, 0.1) is 6.10 Å². The van der Waals surface area contributed by atoms with Crippen molar-refractivity contribution in [1.29, 1.82) is 0 Å². The van der Waals surface area contributed by atoms with E-state index in [1.54, 1.807) is 6.07 Å². The first-order valence-electron chi connectivity index (χ1n) is 7.11. The molecule has 0 heterocycles. The summed E-state index contributed by atoms with van der Waals surface area (Å²) in [6.07, 6.45) is 3.49. The van der Waals surface area contributed by atoms with Gasteiger partial charge in [0.15, 0.2) is 11.5 Å². The molecule has 1 aromatic carbocycles. The molecule has 0 radical (unpaired) electrons. The Morgan fingerprint density at radius 3 is 2.79 bits per heavy atom. The maximum Gasteiger partial charge on any atom is 0.161 e. The van der Waals surface area contributed by atoms with Crippen LogP contribution < -0.4 is 10.5 Å². The minimum Gasteiger partial charge on any atom is -0.504 e. The number of nitrogens with two attached hydrogens (primary N) is 1. The molecule has 106 valence electrons. The van der Waals surface area contributed by atoms with Crippen molar-refractivity contribution >= 4 is 0 Å². The molecule has 3 heteroatoms. The van der Waals surface area contributed by atoms with Crippen molar-refractivity contribution < 1.29 is 9.84 Å². The lowest BCUT2D eigenvalue weighted by molar-refractivity contribution is 0.186. The zero-order valence-corrected chi connectivity index (χ0v) is 12.1. The molecule has 0 amide bonds. The van der Waals surface area contributed by atoms with Gasteiger partial charge in [-0.25, -0.2) is 0 Å². The average molecular weight is 263 g/mol. The highest BCUT2D eigenvalue weighted by atomic mass is 16.5. The fraction of sp³-hybridized carbons (Fsp3) is 0.625. The third kappa shape index (κ3) is 3.41. The maximum atomic E-state index is 9.92. The second-order valence-corrected chi connectivity index (χ2v) is 6.51. The molecule has 2 atom stereocenters. The highest BCUT2D eigenvalue weighted by molar-refractivity contribution is 5.43. The van der Waals surface area contributed by atoms with Crippen molar-refractivity contribution in [1.82, 2.24) is 0 Å². The lowest BCUT2D eigenvalue weighted by Gasteiger charge is -2.19. The van der Waals surface area contributed by atoms with Crippen LogP contribution in [0.15, 0.2) is 18.2 Å². The van der Waals surface area contributed by atoms with Gasteiger partial charge in [-0.05, 0) is 54.8 Å². The van der Waals surface area contributed by atoms with Gasteiger partial charge in [0.1, 0.15) is 0 Å². The van der Waals surface area contributed by atoms with E-state index in [9.17, 15) is 5.11 Å². The number of rotatable bonds is 4. The molecular weight excluding hydrogens is 238 g/mol. The number of phenolic OH excluding ortho intramolecular Hbond substituents is 1. The Kier molecular flexibility index (Phi) is 4.04. The maximum absolute atomic E-state index is 9.92. The smallest absolute Gasteiger partial charge is 0.161 e. The molecular formula is C16H25NO2. The summed E-state index contributed by atoms with van der Waals surface area (Å²) >= 11 is 0. The van der Waals surface area contributed by atoms with Gasteiger partial charge in [0, 0.05) is 0 Å². The van der Waals surface area contributed by atoms with E-state index in [0.717, 1.165) is 18.4 Å². The van der Waals surface area contributed by atoms with E-state index in [1.807, 2.05) is 12.1 Å². The standard InChI is InChI=1S/C16H25NO2/c1-11(10-17)12-4-5-14(18)15(8-12)19-13-6-7-16(2,3)9-13/h4-5,8,11,13,18H,6-7,9-10,17H2,1-3H3. The van der Waals surface area contributed by atoms with E-state index < -0.39 is 0 Å². The van der Waals surface area contributed by atoms with E-state index in [-0.39, 0.29) is 17.8 Å². The molecule has 3 nitrogen and oxygen atoms in total. The van der Waals surface area contributed by atoms with E-state index in [4.69, 9.17) is 10.5 Å². The second kappa shape index (κ2) is 5.41. The summed E-state index contributed by atoms with van der Waals surface area (Å²) in [7, 11) is 0. The minimum atomic E-state index is 0.212. The second-order valence-electron chi connectivity index (χ2n) is 6.51. The quantitative estimate of drug-likeness (QED) is 0.875. The summed E-state index contributed by atoms with van der Waals surface area (Å²) in [5, 5.41) is 9.92. The topological polar surface area (TPSA) is 55.5 Å². The van der Waals surface area contributed by atoms with Gasteiger partial charge in [0.25, 0.3) is 0 Å². The van der Waals surface area contributed by atoms with Gasteiger partial charge in [0.2, 0.25) is 0 Å². The predicted molar refractivity (Wildman–Crippen MR) is 77.6 cm³/mol. The Balaban J connectivity index is 2.11. The Hall–Kier alpha value is -1.22. The number of phenols is 1. The van der Waals surface area contributed by atoms with Gasteiger partial charge in [-0.3, -0.25) is 0 Å². The Bertz CT molecular complexity index is 442. The molecule has 0 bridgehead atoms. The first kappa shape index (κ1) is 14.2. The van der Waals surface area contributed by atoms with Crippen molar-refractivity contribution in [3.05, 3.63) is 23.8 Å². The Labute approximate surface area is 115 Å². The first-order chi connectivity index (χ1) is 8.91. The van der Waals surface area contributed by atoms with Crippen LogP contribution >= 0.6 is 0 Å². The van der Waals surface area contributed by atoms with Crippen molar-refractivity contribution in [2.24, 2.45) is 11.1 Å². The van der Waals surface area contributed by atoms with Crippen molar-refractivity contribution in [3.8, 4) is 11.5 Å². The molecule has 0 aliphatic heterocycles. The molecule has 0 saturated heterocycles. The molecule has 1 fully saturated rings. The summed E-state index contributed by atoms with van der Waals surface area (Å²) in [5.41, 5.74) is 7.16. The van der Waals surface area contributed by atoms with Crippen LogP contribution in [0.1, 0.15) is 51.5 Å². The number of benzene rings is 1. The minimum absolute atomic E-state index is 0.212.